The maximum Gasteiger partial charge on any atom is 0.254 e. The maximum absolute atomic E-state index is 13.0. The van der Waals surface area contributed by atoms with E-state index in [4.69, 9.17) is 5.73 Å². The van der Waals surface area contributed by atoms with E-state index in [1.54, 1.807) is 29.4 Å². The number of hydrogen-bond donors (Lipinski definition) is 3. The van der Waals surface area contributed by atoms with Gasteiger partial charge in [0.1, 0.15) is 11.9 Å². The molecule has 4 N–H and O–H groups in total. The van der Waals surface area contributed by atoms with Gasteiger partial charge in [-0.2, -0.15) is 0 Å². The van der Waals surface area contributed by atoms with Gasteiger partial charge in [-0.1, -0.05) is 12.1 Å². The van der Waals surface area contributed by atoms with Gasteiger partial charge >= 0.3 is 0 Å². The topological polar surface area (TPSA) is 104 Å². The number of nitrogens with two attached hydrogens (primary N) is 1. The first kappa shape index (κ1) is 17.2. The van der Waals surface area contributed by atoms with Crippen molar-refractivity contribution in [3.63, 3.8) is 0 Å². The van der Waals surface area contributed by atoms with Crippen LogP contribution in [0.1, 0.15) is 30.6 Å². The molecule has 1 aliphatic rings. The first-order chi connectivity index (χ1) is 12.0. The molecule has 1 aliphatic heterocycles. The van der Waals surface area contributed by atoms with E-state index in [0.29, 0.717) is 24.4 Å². The molecule has 2 heterocycles. The molecule has 0 saturated carbocycles. The third-order valence-corrected chi connectivity index (χ3v) is 4.21. The minimum absolute atomic E-state index is 0.0172. The molecule has 0 unspecified atom stereocenters. The van der Waals surface area contributed by atoms with Crippen LogP contribution in [0.5, 0.6) is 0 Å². The van der Waals surface area contributed by atoms with Gasteiger partial charge in [0.05, 0.1) is 0 Å². The highest BCUT2D eigenvalue weighted by Gasteiger charge is 2.38. The molecule has 1 aromatic carbocycles. The third kappa shape index (κ3) is 3.71. The van der Waals surface area contributed by atoms with Crippen molar-refractivity contribution in [1.29, 1.82) is 0 Å². The Morgan fingerprint density at radius 2 is 2.20 bits per heavy atom. The standard InChI is InChI=1S/C18H23N5O2/c1-11(2)22-17(24)15-9-14(19)10-23(15)18(25)13-5-3-4-12(8-13)16-20-6-7-21-16/h3-8,11,14-15H,9-10,19H2,1-2H3,(H,20,21)(H,22,24)/t14-,15-/m0/s1. The number of nitrogens with one attached hydrogen (secondary N) is 2. The number of likely N-dealkylation sites (tertiary alicyclic amines) is 1. The number of carbonyl (C=O) groups is 2. The number of nitrogens with zero attached hydrogens (tertiary/aromatic N) is 2. The summed E-state index contributed by atoms with van der Waals surface area (Å²) in [6, 6.07) is 6.51. The fourth-order valence-corrected chi connectivity index (χ4v) is 3.11. The molecule has 1 fully saturated rings. The number of aromatic amines is 1. The fourth-order valence-electron chi connectivity index (χ4n) is 3.11. The second kappa shape index (κ2) is 7.06. The molecular formula is C18H23N5O2. The van der Waals surface area contributed by atoms with Gasteiger partial charge in [0.2, 0.25) is 5.91 Å². The molecule has 25 heavy (non-hydrogen) atoms. The highest BCUT2D eigenvalue weighted by atomic mass is 16.2. The lowest BCUT2D eigenvalue weighted by Crippen LogP contribution is -2.47. The van der Waals surface area contributed by atoms with Crippen molar-refractivity contribution >= 4 is 11.8 Å². The molecular weight excluding hydrogens is 318 g/mol. The first-order valence-electron chi connectivity index (χ1n) is 8.42. The molecule has 1 saturated heterocycles. The SMILES string of the molecule is CC(C)NC(=O)[C@@H]1C[C@H](N)CN1C(=O)c1cccc(-c2ncc[nH]2)c1. The lowest BCUT2D eigenvalue weighted by Gasteiger charge is -2.25. The Balaban J connectivity index is 1.84. The lowest BCUT2D eigenvalue weighted by atomic mass is 10.1. The predicted octanol–water partition coefficient (Wildman–Crippen LogP) is 1.14. The van der Waals surface area contributed by atoms with E-state index < -0.39 is 6.04 Å². The second-order valence-electron chi connectivity index (χ2n) is 6.65. The molecule has 132 valence electrons. The molecule has 0 aliphatic carbocycles. The summed E-state index contributed by atoms with van der Waals surface area (Å²) in [5.74, 6) is 0.352. The minimum Gasteiger partial charge on any atom is -0.352 e. The predicted molar refractivity (Wildman–Crippen MR) is 94.7 cm³/mol. The van der Waals surface area contributed by atoms with E-state index >= 15 is 0 Å². The molecule has 2 atom stereocenters. The smallest absolute Gasteiger partial charge is 0.254 e. The van der Waals surface area contributed by atoms with Crippen LogP contribution >= 0.6 is 0 Å². The lowest BCUT2D eigenvalue weighted by molar-refractivity contribution is -0.125. The van der Waals surface area contributed by atoms with Gasteiger partial charge in [-0.3, -0.25) is 9.59 Å². The van der Waals surface area contributed by atoms with Crippen LogP contribution in [0.4, 0.5) is 0 Å². The van der Waals surface area contributed by atoms with Crippen LogP contribution in [0.15, 0.2) is 36.7 Å². The van der Waals surface area contributed by atoms with Crippen LogP contribution in [0.2, 0.25) is 0 Å². The summed E-state index contributed by atoms with van der Waals surface area (Å²) < 4.78 is 0. The highest BCUT2D eigenvalue weighted by Crippen LogP contribution is 2.22. The molecule has 7 heteroatoms. The van der Waals surface area contributed by atoms with E-state index in [0.717, 1.165) is 5.56 Å². The minimum atomic E-state index is -0.530. The molecule has 2 aromatic rings. The quantitative estimate of drug-likeness (QED) is 0.776. The van der Waals surface area contributed by atoms with E-state index in [1.165, 1.54) is 0 Å². The van der Waals surface area contributed by atoms with Gasteiger partial charge in [-0.05, 0) is 32.4 Å². The van der Waals surface area contributed by atoms with Crippen molar-refractivity contribution in [2.45, 2.75) is 38.4 Å². The molecule has 0 bridgehead atoms. The maximum atomic E-state index is 13.0. The van der Waals surface area contributed by atoms with Crippen molar-refractivity contribution in [1.82, 2.24) is 20.2 Å². The largest absolute Gasteiger partial charge is 0.352 e. The van der Waals surface area contributed by atoms with Crippen LogP contribution in [0.25, 0.3) is 11.4 Å². The van der Waals surface area contributed by atoms with Crippen molar-refractivity contribution in [3.8, 4) is 11.4 Å². The number of H-pyrrole nitrogens is 1. The van der Waals surface area contributed by atoms with Gasteiger partial charge < -0.3 is 20.9 Å². The van der Waals surface area contributed by atoms with Gasteiger partial charge in [-0.25, -0.2) is 4.98 Å². The Labute approximate surface area is 146 Å². The van der Waals surface area contributed by atoms with Crippen molar-refractivity contribution in [2.24, 2.45) is 5.73 Å². The fraction of sp³-hybridized carbons (Fsp3) is 0.389. The van der Waals surface area contributed by atoms with Gasteiger partial charge in [0, 0.05) is 42.1 Å². The number of rotatable bonds is 4. The number of hydrogen-bond acceptors (Lipinski definition) is 4. The van der Waals surface area contributed by atoms with E-state index in [2.05, 4.69) is 15.3 Å². The second-order valence-corrected chi connectivity index (χ2v) is 6.65. The highest BCUT2D eigenvalue weighted by molar-refractivity contribution is 5.98. The molecule has 7 nitrogen and oxygen atoms in total. The number of carbonyl (C=O) groups excluding carboxylic acids is 2. The van der Waals surface area contributed by atoms with E-state index in [9.17, 15) is 9.59 Å². The summed E-state index contributed by atoms with van der Waals surface area (Å²) in [6.07, 6.45) is 3.87. The summed E-state index contributed by atoms with van der Waals surface area (Å²) >= 11 is 0. The zero-order chi connectivity index (χ0) is 18.0. The first-order valence-corrected chi connectivity index (χ1v) is 8.42. The van der Waals surface area contributed by atoms with Crippen LogP contribution < -0.4 is 11.1 Å². The average molecular weight is 341 g/mol. The van der Waals surface area contributed by atoms with Gasteiger partial charge in [-0.15, -0.1) is 0 Å². The molecule has 3 rings (SSSR count). The normalized spacial score (nSPS) is 20.1. The Bertz CT molecular complexity index is 757. The number of aromatic nitrogens is 2. The Morgan fingerprint density at radius 3 is 2.88 bits per heavy atom. The summed E-state index contributed by atoms with van der Waals surface area (Å²) in [4.78, 5) is 34.2. The van der Waals surface area contributed by atoms with Gasteiger partial charge in [0.25, 0.3) is 5.91 Å². The van der Waals surface area contributed by atoms with Crippen LogP contribution in [0.3, 0.4) is 0 Å². The Morgan fingerprint density at radius 1 is 1.40 bits per heavy atom. The molecule has 0 radical (unpaired) electrons. The van der Waals surface area contributed by atoms with Crippen molar-refractivity contribution in [3.05, 3.63) is 42.2 Å². The zero-order valence-corrected chi connectivity index (χ0v) is 14.4. The summed E-state index contributed by atoms with van der Waals surface area (Å²) in [5.41, 5.74) is 7.36. The van der Waals surface area contributed by atoms with Crippen LogP contribution in [0, 0.1) is 0 Å². The van der Waals surface area contributed by atoms with Crippen molar-refractivity contribution in [2.75, 3.05) is 6.54 Å². The average Bonchev–Trinajstić information content (AvgIpc) is 3.23. The molecule has 1 aromatic heterocycles. The van der Waals surface area contributed by atoms with E-state index in [1.807, 2.05) is 26.0 Å². The summed E-state index contributed by atoms with van der Waals surface area (Å²) in [7, 11) is 0. The zero-order valence-electron chi connectivity index (χ0n) is 14.4. The number of amides is 2. The number of benzene rings is 1. The Kier molecular flexibility index (Phi) is 4.85. The molecule has 0 spiro atoms. The monoisotopic (exact) mass is 341 g/mol. The van der Waals surface area contributed by atoms with Crippen LogP contribution in [-0.2, 0) is 4.79 Å². The molecule has 2 amide bonds. The Hall–Kier alpha value is -2.67. The van der Waals surface area contributed by atoms with Gasteiger partial charge in [0.15, 0.2) is 0 Å². The van der Waals surface area contributed by atoms with E-state index in [-0.39, 0.29) is 23.9 Å². The van der Waals surface area contributed by atoms with Crippen LogP contribution in [-0.4, -0.2) is 51.4 Å². The third-order valence-electron chi connectivity index (χ3n) is 4.21. The summed E-state index contributed by atoms with van der Waals surface area (Å²) in [5, 5.41) is 2.87. The van der Waals surface area contributed by atoms with Crippen molar-refractivity contribution < 1.29 is 9.59 Å². The number of imidazole rings is 1. The summed E-state index contributed by atoms with van der Waals surface area (Å²) in [6.45, 7) is 4.16.